The molecule has 7 heteroatoms. The number of rotatable bonds is 4. The van der Waals surface area contributed by atoms with Gasteiger partial charge in [0.1, 0.15) is 11.4 Å². The molecule has 5 rings (SSSR count). The molecule has 160 valence electrons. The van der Waals surface area contributed by atoms with E-state index in [2.05, 4.69) is 10.6 Å². The Morgan fingerprint density at radius 3 is 2.55 bits per heavy atom. The molecule has 3 aliphatic rings. The van der Waals surface area contributed by atoms with Crippen LogP contribution < -0.4 is 10.6 Å². The lowest BCUT2D eigenvalue weighted by atomic mass is 9.76. The molecule has 2 saturated heterocycles. The van der Waals surface area contributed by atoms with Crippen LogP contribution in [0.2, 0.25) is 0 Å². The zero-order valence-electron chi connectivity index (χ0n) is 17.4. The maximum atomic E-state index is 14.2. The minimum Gasteiger partial charge on any atom is -0.324 e. The molecule has 6 nitrogen and oxygen atoms in total. The predicted molar refractivity (Wildman–Crippen MR) is 112 cm³/mol. The van der Waals surface area contributed by atoms with Crippen molar-refractivity contribution >= 4 is 23.4 Å². The normalized spacial score (nSPS) is 30.0. The number of imide groups is 1. The highest BCUT2D eigenvalue weighted by Gasteiger charge is 2.70. The minimum absolute atomic E-state index is 0.257. The Hall–Kier alpha value is -3.06. The number of amides is 3. The van der Waals surface area contributed by atoms with E-state index in [-0.39, 0.29) is 17.9 Å². The van der Waals surface area contributed by atoms with Crippen molar-refractivity contribution in [3.63, 3.8) is 0 Å². The molecule has 2 fully saturated rings. The molecule has 2 aromatic carbocycles. The molecule has 5 atom stereocenters. The van der Waals surface area contributed by atoms with Crippen LogP contribution in [0.15, 0.2) is 48.5 Å². The molecule has 0 radical (unpaired) electrons. The number of fused-ring (bicyclic) bond motifs is 4. The van der Waals surface area contributed by atoms with Crippen LogP contribution in [0.1, 0.15) is 31.4 Å². The number of benzene rings is 2. The van der Waals surface area contributed by atoms with Crippen LogP contribution in [0.3, 0.4) is 0 Å². The van der Waals surface area contributed by atoms with Crippen LogP contribution in [-0.2, 0) is 26.3 Å². The quantitative estimate of drug-likeness (QED) is 0.744. The van der Waals surface area contributed by atoms with E-state index in [1.807, 2.05) is 44.2 Å². The highest BCUT2D eigenvalue weighted by atomic mass is 19.1. The number of hydrogen-bond acceptors (Lipinski definition) is 4. The van der Waals surface area contributed by atoms with Gasteiger partial charge < -0.3 is 5.32 Å². The summed E-state index contributed by atoms with van der Waals surface area (Å²) >= 11 is 0. The van der Waals surface area contributed by atoms with E-state index in [1.54, 1.807) is 0 Å². The number of carbonyl (C=O) groups excluding carboxylic acids is 3. The molecular weight excluding hydrogens is 397 g/mol. The Balaban J connectivity index is 1.66. The third-order valence-electron chi connectivity index (χ3n) is 7.04. The minimum atomic E-state index is -1.46. The van der Waals surface area contributed by atoms with Crippen molar-refractivity contribution in [3.05, 3.63) is 65.5 Å². The molecule has 0 unspecified atom stereocenters. The monoisotopic (exact) mass is 421 g/mol. The number of nitrogens with one attached hydrogen (secondary N) is 2. The summed E-state index contributed by atoms with van der Waals surface area (Å²) in [5, 5.41) is 6.14. The summed E-state index contributed by atoms with van der Waals surface area (Å²) in [4.78, 5) is 41.7. The standard InChI is InChI=1S/C24H24FN3O3/c1-3-13(2)28-21(29)19-18(11-14-7-5-4-6-8-14)27-24(20(19)22(28)30)16-12-15(25)9-10-17(16)26-23(24)31/h4-10,12-13,18-20,27H,3,11H2,1-2H3,(H,26,31)/t13-,18+,19-,20+,24-/m1/s1. The highest BCUT2D eigenvalue weighted by Crippen LogP contribution is 2.53. The number of carbonyl (C=O) groups is 3. The zero-order valence-corrected chi connectivity index (χ0v) is 17.4. The predicted octanol–water partition coefficient (Wildman–Crippen LogP) is 2.59. The SMILES string of the molecule is CC[C@@H](C)N1C(=O)[C@@H]2[C@H](Cc3ccccc3)N[C@@]3(C(=O)Nc4ccc(F)cc43)[C@@H]2C1=O. The van der Waals surface area contributed by atoms with Gasteiger partial charge in [-0.1, -0.05) is 37.3 Å². The number of anilines is 1. The van der Waals surface area contributed by atoms with E-state index < -0.39 is 35.1 Å². The van der Waals surface area contributed by atoms with Gasteiger partial charge in [-0.25, -0.2) is 4.39 Å². The molecule has 31 heavy (non-hydrogen) atoms. The van der Waals surface area contributed by atoms with Crippen molar-refractivity contribution in [1.82, 2.24) is 10.2 Å². The largest absolute Gasteiger partial charge is 0.324 e. The van der Waals surface area contributed by atoms with Crippen molar-refractivity contribution in [3.8, 4) is 0 Å². The van der Waals surface area contributed by atoms with Gasteiger partial charge in [-0.15, -0.1) is 0 Å². The van der Waals surface area contributed by atoms with Crippen molar-refractivity contribution in [2.45, 2.75) is 44.3 Å². The maximum Gasteiger partial charge on any atom is 0.250 e. The highest BCUT2D eigenvalue weighted by molar-refractivity contribution is 6.15. The molecule has 3 aliphatic heterocycles. The third-order valence-corrected chi connectivity index (χ3v) is 7.04. The fourth-order valence-electron chi connectivity index (χ4n) is 5.46. The fraction of sp³-hybridized carbons (Fsp3) is 0.375. The van der Waals surface area contributed by atoms with E-state index in [0.717, 1.165) is 5.56 Å². The van der Waals surface area contributed by atoms with Gasteiger partial charge in [0.15, 0.2) is 0 Å². The first-order valence-electron chi connectivity index (χ1n) is 10.7. The smallest absolute Gasteiger partial charge is 0.250 e. The second-order valence-corrected chi connectivity index (χ2v) is 8.70. The topological polar surface area (TPSA) is 78.5 Å². The van der Waals surface area contributed by atoms with E-state index in [1.165, 1.54) is 23.1 Å². The van der Waals surface area contributed by atoms with Crippen molar-refractivity contribution in [2.75, 3.05) is 5.32 Å². The summed E-state index contributed by atoms with van der Waals surface area (Å²) in [6, 6.07) is 13.0. The first-order valence-corrected chi connectivity index (χ1v) is 10.7. The second kappa shape index (κ2) is 6.99. The van der Waals surface area contributed by atoms with Crippen LogP contribution in [0, 0.1) is 17.7 Å². The summed E-state index contributed by atoms with van der Waals surface area (Å²) < 4.78 is 14.2. The van der Waals surface area contributed by atoms with E-state index in [9.17, 15) is 18.8 Å². The lowest BCUT2D eigenvalue weighted by Gasteiger charge is -2.31. The fourth-order valence-corrected chi connectivity index (χ4v) is 5.46. The molecule has 2 aromatic rings. The first kappa shape index (κ1) is 19.9. The van der Waals surface area contributed by atoms with E-state index in [0.29, 0.717) is 24.1 Å². The average Bonchev–Trinajstić information content (AvgIpc) is 3.33. The average molecular weight is 421 g/mol. The molecule has 3 amide bonds. The van der Waals surface area contributed by atoms with Crippen LogP contribution in [0.25, 0.3) is 0 Å². The van der Waals surface area contributed by atoms with Gasteiger partial charge in [-0.05, 0) is 43.5 Å². The summed E-state index contributed by atoms with van der Waals surface area (Å²) in [5.74, 6) is -3.12. The summed E-state index contributed by atoms with van der Waals surface area (Å²) in [6.45, 7) is 3.76. The second-order valence-electron chi connectivity index (χ2n) is 8.70. The number of hydrogen-bond donors (Lipinski definition) is 2. The molecule has 0 aromatic heterocycles. The molecule has 3 heterocycles. The molecule has 0 aliphatic carbocycles. The van der Waals surface area contributed by atoms with Crippen LogP contribution in [-0.4, -0.2) is 34.7 Å². The zero-order chi connectivity index (χ0) is 21.9. The maximum absolute atomic E-state index is 14.2. The number of halogens is 1. The van der Waals surface area contributed by atoms with Crippen molar-refractivity contribution < 1.29 is 18.8 Å². The Bertz CT molecular complexity index is 1090. The lowest BCUT2D eigenvalue weighted by molar-refractivity contribution is -0.145. The van der Waals surface area contributed by atoms with Gasteiger partial charge in [0.05, 0.1) is 11.8 Å². The van der Waals surface area contributed by atoms with Gasteiger partial charge in [-0.2, -0.15) is 0 Å². The Morgan fingerprint density at radius 1 is 1.10 bits per heavy atom. The summed E-state index contributed by atoms with van der Waals surface area (Å²) in [5.41, 5.74) is 0.405. The Morgan fingerprint density at radius 2 is 1.84 bits per heavy atom. The van der Waals surface area contributed by atoms with Crippen LogP contribution >= 0.6 is 0 Å². The third kappa shape index (κ3) is 2.69. The van der Waals surface area contributed by atoms with Crippen LogP contribution in [0.4, 0.5) is 10.1 Å². The Kier molecular flexibility index (Phi) is 4.48. The van der Waals surface area contributed by atoms with E-state index in [4.69, 9.17) is 0 Å². The number of likely N-dealkylation sites (tertiary alicyclic amines) is 1. The van der Waals surface area contributed by atoms with Gasteiger partial charge in [-0.3, -0.25) is 24.6 Å². The molecular formula is C24H24FN3O3. The number of nitrogens with zero attached hydrogens (tertiary/aromatic N) is 1. The van der Waals surface area contributed by atoms with Gasteiger partial charge in [0.2, 0.25) is 17.7 Å². The van der Waals surface area contributed by atoms with Gasteiger partial charge in [0, 0.05) is 23.3 Å². The molecule has 1 spiro atoms. The molecule has 0 saturated carbocycles. The van der Waals surface area contributed by atoms with Crippen molar-refractivity contribution in [1.29, 1.82) is 0 Å². The Labute approximate surface area is 179 Å². The summed E-state index contributed by atoms with van der Waals surface area (Å²) in [7, 11) is 0. The summed E-state index contributed by atoms with van der Waals surface area (Å²) in [6.07, 6.45) is 1.10. The first-order chi connectivity index (χ1) is 14.9. The molecule has 0 bridgehead atoms. The van der Waals surface area contributed by atoms with Gasteiger partial charge in [0.25, 0.3) is 0 Å². The van der Waals surface area contributed by atoms with E-state index >= 15 is 0 Å². The molecule has 2 N–H and O–H groups in total. The van der Waals surface area contributed by atoms with Crippen molar-refractivity contribution in [2.24, 2.45) is 11.8 Å². The lowest BCUT2D eigenvalue weighted by Crippen LogP contribution is -2.54. The van der Waals surface area contributed by atoms with Crippen LogP contribution in [0.5, 0.6) is 0 Å². The van der Waals surface area contributed by atoms with Gasteiger partial charge >= 0.3 is 0 Å².